The minimum absolute atomic E-state index is 0.458. The Morgan fingerprint density at radius 3 is 1.00 bits per heavy atom. The van der Waals surface area contributed by atoms with Crippen molar-refractivity contribution >= 4 is 68.9 Å². The van der Waals surface area contributed by atoms with E-state index in [4.69, 9.17) is 48.7 Å². The van der Waals surface area contributed by atoms with Crippen LogP contribution in [0.4, 0.5) is 34.1 Å². The number of nitrogens with zero attached hydrogens (tertiary/aromatic N) is 4. The van der Waals surface area contributed by atoms with Gasteiger partial charge in [0.25, 0.3) is 0 Å². The van der Waals surface area contributed by atoms with E-state index in [1.54, 1.807) is 0 Å². The first-order chi connectivity index (χ1) is 24.0. The maximum atomic E-state index is 6.16. The Morgan fingerprint density at radius 2 is 0.694 bits per heavy atom. The largest absolute Gasteiger partial charge is 0.453 e. The van der Waals surface area contributed by atoms with Crippen molar-refractivity contribution in [2.24, 2.45) is 0 Å². The molecule has 2 aliphatic heterocycles. The molecule has 6 aromatic carbocycles. The monoisotopic (exact) mass is 702 g/mol. The topological polar surface area (TPSA) is 63.9 Å². The zero-order valence-corrected chi connectivity index (χ0v) is 27.8. The van der Waals surface area contributed by atoms with Crippen molar-refractivity contribution in [3.63, 3.8) is 0 Å². The molecule has 0 atom stereocenters. The summed E-state index contributed by atoms with van der Waals surface area (Å²) in [5.41, 5.74) is 7.61. The first kappa shape index (κ1) is 30.8. The second-order valence-corrected chi connectivity index (χ2v) is 13.0. The van der Waals surface area contributed by atoms with E-state index in [2.05, 4.69) is 68.5 Å². The summed E-state index contributed by atoms with van der Waals surface area (Å²) < 4.78 is 17.7. The molecular weight excluding hydrogens is 679 g/mol. The van der Waals surface area contributed by atoms with Gasteiger partial charge < -0.3 is 23.7 Å². The van der Waals surface area contributed by atoms with E-state index < -0.39 is 4.30 Å². The van der Waals surface area contributed by atoms with Crippen LogP contribution in [0, 0.1) is 0 Å². The third-order valence-electron chi connectivity index (χ3n) is 8.03. The lowest BCUT2D eigenvalue weighted by atomic mass is 10.1. The van der Waals surface area contributed by atoms with Crippen LogP contribution in [-0.4, -0.2) is 14.5 Å². The number of hydrogen-bond acceptors (Lipinski definition) is 7. The highest BCUT2D eigenvalue weighted by molar-refractivity contribution is 6.63. The quantitative estimate of drug-likeness (QED) is 0.169. The van der Waals surface area contributed by atoms with Crippen LogP contribution in [0.5, 0.6) is 23.0 Å². The number of rotatable bonds is 4. The first-order valence-corrected chi connectivity index (χ1v) is 16.6. The van der Waals surface area contributed by atoms with Gasteiger partial charge in [-0.1, -0.05) is 83.3 Å². The molecule has 7 aromatic rings. The van der Waals surface area contributed by atoms with Crippen molar-refractivity contribution in [3.05, 3.63) is 146 Å². The van der Waals surface area contributed by atoms with Gasteiger partial charge in [0.2, 0.25) is 11.8 Å². The summed E-state index contributed by atoms with van der Waals surface area (Å²) in [5, 5.41) is 8.74. The van der Waals surface area contributed by atoms with Crippen molar-refractivity contribution < 1.29 is 13.9 Å². The molecule has 1 aromatic heterocycles. The third-order valence-corrected chi connectivity index (χ3v) is 8.03. The van der Waals surface area contributed by atoms with E-state index in [1.165, 1.54) is 0 Å². The molecule has 49 heavy (non-hydrogen) atoms. The predicted molar refractivity (Wildman–Crippen MR) is 196 cm³/mol. The summed E-state index contributed by atoms with van der Waals surface area (Å²) in [6, 6.07) is 48.4. The fourth-order valence-electron chi connectivity index (χ4n) is 5.93. The highest BCUT2D eigenvalue weighted by Gasteiger charge is 2.27. The van der Waals surface area contributed by atoms with Crippen LogP contribution >= 0.6 is 34.8 Å². The van der Waals surface area contributed by atoms with Gasteiger partial charge in [-0.05, 0) is 97.1 Å². The van der Waals surface area contributed by atoms with E-state index in [0.29, 0.717) is 11.8 Å². The smallest absolute Gasteiger partial charge is 0.248 e. The van der Waals surface area contributed by atoms with Gasteiger partial charge in [0.15, 0.2) is 27.3 Å². The number of alkyl halides is 3. The van der Waals surface area contributed by atoms with E-state index in [1.807, 2.05) is 97.1 Å². The van der Waals surface area contributed by atoms with Crippen LogP contribution in [0.15, 0.2) is 150 Å². The summed E-state index contributed by atoms with van der Waals surface area (Å²) in [4.78, 5) is 4.40. The zero-order valence-electron chi connectivity index (χ0n) is 25.6. The Morgan fingerprint density at radius 1 is 0.408 bits per heavy atom. The lowest BCUT2D eigenvalue weighted by Gasteiger charge is -2.32. The van der Waals surface area contributed by atoms with E-state index >= 15 is 0 Å². The third kappa shape index (κ3) is 6.04. The number of fused-ring (bicyclic) bond motifs is 4. The molecule has 0 N–H and O–H groups in total. The second kappa shape index (κ2) is 13.2. The molecule has 0 amide bonds. The summed E-state index contributed by atoms with van der Waals surface area (Å²) in [6.45, 7) is 0. The van der Waals surface area contributed by atoms with Gasteiger partial charge in [0, 0.05) is 22.5 Å². The molecule has 0 saturated heterocycles. The molecule has 0 fully saturated rings. The van der Waals surface area contributed by atoms with E-state index in [9.17, 15) is 0 Å². The van der Waals surface area contributed by atoms with Gasteiger partial charge in [-0.2, -0.15) is 0 Å². The standard InChI is InChI=1S/C38H24N4O3.CHCl3/c1-5-13-33-29(9-1)41(30-10-2-6-14-34(30)43-33)27-21-17-25(18-22-27)37-39-40-38(45-37)26-19-23-28(24-20-26)42-31-11-3-7-15-35(31)44-36-16-8-4-12-32(36)42;2-1(3)4/h1-24H;1H. The average Bonchev–Trinajstić information content (AvgIpc) is 3.63. The number of para-hydroxylation sites is 8. The maximum absolute atomic E-state index is 6.16. The van der Waals surface area contributed by atoms with Gasteiger partial charge in [-0.25, -0.2) is 0 Å². The minimum Gasteiger partial charge on any atom is -0.453 e. The molecule has 0 unspecified atom stereocenters. The number of aromatic nitrogens is 2. The zero-order chi connectivity index (χ0) is 33.3. The first-order valence-electron chi connectivity index (χ1n) is 15.3. The number of halogens is 3. The molecule has 10 heteroatoms. The number of hydrogen-bond donors (Lipinski definition) is 0. The van der Waals surface area contributed by atoms with Crippen LogP contribution in [0.3, 0.4) is 0 Å². The Hall–Kier alpha value is -5.47. The molecule has 7 nitrogen and oxygen atoms in total. The maximum Gasteiger partial charge on any atom is 0.248 e. The summed E-state index contributed by atoms with van der Waals surface area (Å²) in [6.07, 6.45) is 0. The predicted octanol–water partition coefficient (Wildman–Crippen LogP) is 12.5. The van der Waals surface area contributed by atoms with Gasteiger partial charge in [-0.15, -0.1) is 10.2 Å². The lowest BCUT2D eigenvalue weighted by molar-refractivity contribution is 0.477. The minimum atomic E-state index is -0.750. The van der Waals surface area contributed by atoms with Crippen LogP contribution in [0.25, 0.3) is 22.9 Å². The Kier molecular flexibility index (Phi) is 8.31. The van der Waals surface area contributed by atoms with Gasteiger partial charge in [-0.3, -0.25) is 0 Å². The van der Waals surface area contributed by atoms with Crippen molar-refractivity contribution in [1.82, 2.24) is 10.2 Å². The number of ether oxygens (including phenoxy) is 2. The molecule has 0 spiro atoms. The second-order valence-electron chi connectivity index (χ2n) is 11.0. The van der Waals surface area contributed by atoms with Crippen LogP contribution < -0.4 is 19.3 Å². The number of anilines is 6. The van der Waals surface area contributed by atoms with Crippen LogP contribution in [0.2, 0.25) is 0 Å². The van der Waals surface area contributed by atoms with Crippen molar-refractivity contribution in [2.75, 3.05) is 9.80 Å². The molecule has 3 heterocycles. The normalized spacial score (nSPS) is 12.4. The molecule has 0 radical (unpaired) electrons. The van der Waals surface area contributed by atoms with Crippen molar-refractivity contribution in [3.8, 4) is 45.9 Å². The Bertz CT molecular complexity index is 2010. The Balaban J connectivity index is 0.000000829. The highest BCUT2D eigenvalue weighted by Crippen LogP contribution is 2.51. The van der Waals surface area contributed by atoms with Crippen LogP contribution in [-0.2, 0) is 0 Å². The molecule has 2 aliphatic rings. The van der Waals surface area contributed by atoms with Gasteiger partial charge in [0.1, 0.15) is 0 Å². The summed E-state index contributed by atoms with van der Waals surface area (Å²) >= 11 is 14.4. The van der Waals surface area contributed by atoms with E-state index in [-0.39, 0.29) is 0 Å². The summed E-state index contributed by atoms with van der Waals surface area (Å²) in [5.74, 6) is 4.17. The number of benzene rings is 6. The van der Waals surface area contributed by atoms with Crippen molar-refractivity contribution in [2.45, 2.75) is 4.30 Å². The van der Waals surface area contributed by atoms with Gasteiger partial charge in [0.05, 0.1) is 22.7 Å². The molecule has 9 rings (SSSR count). The fraction of sp³-hybridized carbons (Fsp3) is 0.0256. The van der Waals surface area contributed by atoms with Crippen LogP contribution in [0.1, 0.15) is 0 Å². The molecule has 0 bridgehead atoms. The van der Waals surface area contributed by atoms with Crippen molar-refractivity contribution in [1.29, 1.82) is 0 Å². The molecule has 240 valence electrons. The highest BCUT2D eigenvalue weighted by atomic mass is 35.6. The molecule has 0 saturated carbocycles. The average molecular weight is 704 g/mol. The summed E-state index contributed by atoms with van der Waals surface area (Å²) in [7, 11) is 0. The molecular formula is C39H25Cl3N4O3. The lowest BCUT2D eigenvalue weighted by Crippen LogP contribution is -2.15. The van der Waals surface area contributed by atoms with E-state index in [0.717, 1.165) is 68.2 Å². The molecule has 0 aliphatic carbocycles. The van der Waals surface area contributed by atoms with Gasteiger partial charge >= 0.3 is 0 Å². The fourth-order valence-corrected chi connectivity index (χ4v) is 5.93. The SMILES string of the molecule is ClC(Cl)Cl.c1ccc2c(c1)Oc1ccccc1N2c1ccc(-c2nnc(-c3ccc(N4c5ccccc5Oc5ccccc54)cc3)o2)cc1. The Labute approximate surface area is 297 Å².